The molecular formula is C23H35N3O7S. The highest BCUT2D eigenvalue weighted by atomic mass is 32.1. The minimum atomic E-state index is -1.39. The topological polar surface area (TPSA) is 136 Å². The molecule has 2 rings (SSSR count). The Morgan fingerprint density at radius 3 is 2.09 bits per heavy atom. The van der Waals surface area contributed by atoms with Gasteiger partial charge in [-0.2, -0.15) is 0 Å². The Kier molecular flexibility index (Phi) is 8.02. The van der Waals surface area contributed by atoms with Gasteiger partial charge < -0.3 is 19.4 Å². The molecule has 1 heterocycles. The average molecular weight is 498 g/mol. The second-order valence-corrected chi connectivity index (χ2v) is 12.0. The van der Waals surface area contributed by atoms with Crippen molar-refractivity contribution in [2.24, 2.45) is 10.6 Å². The van der Waals surface area contributed by atoms with Crippen molar-refractivity contribution in [3.05, 3.63) is 11.1 Å². The van der Waals surface area contributed by atoms with Gasteiger partial charge in [-0.15, -0.1) is 11.3 Å². The van der Waals surface area contributed by atoms with Gasteiger partial charge >= 0.3 is 18.0 Å². The summed E-state index contributed by atoms with van der Waals surface area (Å²) in [6, 6.07) is 0. The zero-order valence-corrected chi connectivity index (χ0v) is 21.9. The minimum absolute atomic E-state index is 0.0148. The van der Waals surface area contributed by atoms with E-state index in [9.17, 15) is 19.5 Å². The van der Waals surface area contributed by atoms with E-state index in [2.05, 4.69) is 29.3 Å². The first-order valence-corrected chi connectivity index (χ1v) is 12.0. The summed E-state index contributed by atoms with van der Waals surface area (Å²) in [6.45, 7) is 14.6. The Labute approximate surface area is 204 Å². The van der Waals surface area contributed by atoms with E-state index in [1.165, 1.54) is 5.38 Å². The number of amides is 1. The van der Waals surface area contributed by atoms with Crippen molar-refractivity contribution in [2.45, 2.75) is 97.9 Å². The van der Waals surface area contributed by atoms with Crippen LogP contribution in [0, 0.1) is 5.41 Å². The fourth-order valence-electron chi connectivity index (χ4n) is 3.19. The SMILES string of the molecule is CC1(C)CCC(O/N=C(\C(=O)O)c2csc(NC(=O)OC(C)(C)C)n2)(C(=O)OC(C)(C)C)CC1. The number of aliphatic carboxylic acids is 1. The van der Waals surface area contributed by atoms with E-state index >= 15 is 0 Å². The van der Waals surface area contributed by atoms with Crippen LogP contribution in [0.15, 0.2) is 10.5 Å². The summed E-state index contributed by atoms with van der Waals surface area (Å²) >= 11 is 1.01. The molecule has 0 aromatic carbocycles. The van der Waals surface area contributed by atoms with E-state index < -0.39 is 40.5 Å². The van der Waals surface area contributed by atoms with Crippen LogP contribution in [-0.2, 0) is 23.9 Å². The number of carboxylic acid groups (broad SMARTS) is 1. The van der Waals surface area contributed by atoms with Gasteiger partial charge in [-0.1, -0.05) is 19.0 Å². The maximum atomic E-state index is 13.1. The normalized spacial score (nSPS) is 18.1. The van der Waals surface area contributed by atoms with Crippen LogP contribution in [0.1, 0.15) is 86.8 Å². The van der Waals surface area contributed by atoms with Crippen LogP contribution in [0.3, 0.4) is 0 Å². The molecule has 2 N–H and O–H groups in total. The molecular weight excluding hydrogens is 462 g/mol. The molecule has 0 saturated heterocycles. The molecule has 1 aromatic heterocycles. The molecule has 0 aliphatic heterocycles. The first-order chi connectivity index (χ1) is 15.4. The van der Waals surface area contributed by atoms with Gasteiger partial charge in [0, 0.05) is 18.2 Å². The van der Waals surface area contributed by atoms with Crippen LogP contribution >= 0.6 is 11.3 Å². The predicted octanol–water partition coefficient (Wildman–Crippen LogP) is 4.98. The number of aromatic nitrogens is 1. The summed E-state index contributed by atoms with van der Waals surface area (Å²) in [7, 11) is 0. The van der Waals surface area contributed by atoms with E-state index in [-0.39, 0.29) is 16.2 Å². The quantitative estimate of drug-likeness (QED) is 0.319. The summed E-state index contributed by atoms with van der Waals surface area (Å²) < 4.78 is 10.8. The zero-order chi connectivity index (χ0) is 25.9. The second-order valence-electron chi connectivity index (χ2n) is 11.2. The number of thiazole rings is 1. The van der Waals surface area contributed by atoms with Gasteiger partial charge in [0.2, 0.25) is 11.3 Å². The molecule has 190 valence electrons. The van der Waals surface area contributed by atoms with Crippen molar-refractivity contribution >= 4 is 40.2 Å². The van der Waals surface area contributed by atoms with E-state index in [0.717, 1.165) is 11.3 Å². The van der Waals surface area contributed by atoms with E-state index in [1.54, 1.807) is 41.5 Å². The molecule has 1 fully saturated rings. The molecule has 11 heteroatoms. The molecule has 1 saturated carbocycles. The van der Waals surface area contributed by atoms with Gasteiger partial charge in [-0.3, -0.25) is 5.32 Å². The summed E-state index contributed by atoms with van der Waals surface area (Å²) in [4.78, 5) is 46.8. The molecule has 1 amide bonds. The molecule has 1 aromatic rings. The molecule has 0 spiro atoms. The number of carboxylic acids is 1. The Morgan fingerprint density at radius 1 is 1.03 bits per heavy atom. The molecule has 0 radical (unpaired) electrons. The number of nitrogens with one attached hydrogen (secondary N) is 1. The highest BCUT2D eigenvalue weighted by Gasteiger charge is 2.49. The van der Waals surface area contributed by atoms with Gasteiger partial charge in [-0.05, 0) is 59.8 Å². The Morgan fingerprint density at radius 2 is 1.59 bits per heavy atom. The number of hydrogen-bond donors (Lipinski definition) is 2. The van der Waals surface area contributed by atoms with E-state index in [0.29, 0.717) is 25.7 Å². The summed E-state index contributed by atoms with van der Waals surface area (Å²) in [5, 5.41) is 17.6. The first-order valence-electron chi connectivity index (χ1n) is 11.1. The minimum Gasteiger partial charge on any atom is -0.476 e. The molecule has 0 atom stereocenters. The third kappa shape index (κ3) is 7.96. The fourth-order valence-corrected chi connectivity index (χ4v) is 3.87. The smallest absolute Gasteiger partial charge is 0.413 e. The Balaban J connectivity index is 2.28. The predicted molar refractivity (Wildman–Crippen MR) is 128 cm³/mol. The lowest BCUT2D eigenvalue weighted by atomic mass is 9.71. The van der Waals surface area contributed by atoms with Crippen molar-refractivity contribution in [1.82, 2.24) is 4.98 Å². The van der Waals surface area contributed by atoms with Gasteiger partial charge in [-0.25, -0.2) is 19.4 Å². The van der Waals surface area contributed by atoms with Crippen molar-refractivity contribution in [2.75, 3.05) is 5.32 Å². The third-order valence-electron chi connectivity index (χ3n) is 5.05. The van der Waals surface area contributed by atoms with Crippen molar-refractivity contribution < 1.29 is 33.8 Å². The first kappa shape index (κ1) is 27.6. The number of rotatable bonds is 6. The number of anilines is 1. The molecule has 34 heavy (non-hydrogen) atoms. The van der Waals surface area contributed by atoms with Gasteiger partial charge in [0.25, 0.3) is 0 Å². The van der Waals surface area contributed by atoms with Gasteiger partial charge in [0.15, 0.2) is 5.13 Å². The highest BCUT2D eigenvalue weighted by molar-refractivity contribution is 7.14. The van der Waals surface area contributed by atoms with Crippen LogP contribution in [-0.4, -0.2) is 50.6 Å². The molecule has 0 unspecified atom stereocenters. The maximum Gasteiger partial charge on any atom is 0.413 e. The fraction of sp³-hybridized carbons (Fsp3) is 0.696. The van der Waals surface area contributed by atoms with Crippen molar-refractivity contribution in [1.29, 1.82) is 0 Å². The lowest BCUT2D eigenvalue weighted by Crippen LogP contribution is -2.48. The summed E-state index contributed by atoms with van der Waals surface area (Å²) in [6.07, 6.45) is 1.34. The van der Waals surface area contributed by atoms with Crippen LogP contribution in [0.5, 0.6) is 0 Å². The van der Waals surface area contributed by atoms with Gasteiger partial charge in [0.1, 0.15) is 16.9 Å². The molecule has 1 aliphatic rings. The number of esters is 1. The highest BCUT2D eigenvalue weighted by Crippen LogP contribution is 2.43. The van der Waals surface area contributed by atoms with E-state index in [4.69, 9.17) is 14.3 Å². The third-order valence-corrected chi connectivity index (χ3v) is 5.81. The summed E-state index contributed by atoms with van der Waals surface area (Å²) in [5.41, 5.74) is -3.31. The number of carbonyl (C=O) groups is 3. The van der Waals surface area contributed by atoms with E-state index in [1.807, 2.05) is 0 Å². The van der Waals surface area contributed by atoms with Crippen LogP contribution < -0.4 is 5.32 Å². The zero-order valence-electron chi connectivity index (χ0n) is 21.1. The van der Waals surface area contributed by atoms with Crippen LogP contribution in [0.4, 0.5) is 9.93 Å². The monoisotopic (exact) mass is 497 g/mol. The van der Waals surface area contributed by atoms with Crippen LogP contribution in [0.25, 0.3) is 0 Å². The van der Waals surface area contributed by atoms with Crippen molar-refractivity contribution in [3.8, 4) is 0 Å². The summed E-state index contributed by atoms with van der Waals surface area (Å²) in [5.74, 6) is -1.96. The lowest BCUT2D eigenvalue weighted by molar-refractivity contribution is -0.191. The Bertz CT molecular complexity index is 945. The average Bonchev–Trinajstić information content (AvgIpc) is 3.07. The maximum absolute atomic E-state index is 13.1. The molecule has 0 bridgehead atoms. The van der Waals surface area contributed by atoms with Crippen LogP contribution in [0.2, 0.25) is 0 Å². The Hall–Kier alpha value is -2.69. The lowest BCUT2D eigenvalue weighted by Gasteiger charge is -2.40. The number of carbonyl (C=O) groups excluding carboxylic acids is 2. The standard InChI is InChI=1S/C23H35N3O7S/c1-20(2,3)31-17(29)23(11-9-22(7,8)10-12-23)33-26-15(16(27)28)14-13-34-18(24-14)25-19(30)32-21(4,5)6/h13H,9-12H2,1-8H3,(H,27,28)(H,24,25,30)/b26-15-. The number of oxime groups is 1. The molecule has 1 aliphatic carbocycles. The largest absolute Gasteiger partial charge is 0.476 e. The van der Waals surface area contributed by atoms with Crippen molar-refractivity contribution in [3.63, 3.8) is 0 Å². The van der Waals surface area contributed by atoms with Gasteiger partial charge in [0.05, 0.1) is 0 Å². The second kappa shape index (κ2) is 9.89. The number of ether oxygens (including phenoxy) is 2. The number of nitrogens with zero attached hydrogens (tertiary/aromatic N) is 2. The molecule has 10 nitrogen and oxygen atoms in total. The number of hydrogen-bond acceptors (Lipinski definition) is 9.